The van der Waals surface area contributed by atoms with Crippen molar-refractivity contribution >= 4 is 10.9 Å². The minimum Gasteiger partial charge on any atom is -0.350 e. The molecule has 1 aliphatic carbocycles. The van der Waals surface area contributed by atoms with Crippen LogP contribution in [-0.4, -0.2) is 4.57 Å². The highest BCUT2D eigenvalue weighted by Gasteiger charge is 2.23. The quantitative estimate of drug-likeness (QED) is 0.642. The smallest absolute Gasteiger partial charge is 0.0483 e. The number of aromatic nitrogens is 1. The molecule has 1 heterocycles. The normalized spacial score (nSPS) is 16.4. The van der Waals surface area contributed by atoms with Crippen molar-refractivity contribution in [2.24, 2.45) is 7.05 Å². The zero-order chi connectivity index (χ0) is 9.71. The molecule has 0 N–H and O–H groups in total. The molecule has 1 nitrogen and oxygen atoms in total. The molecule has 72 valence electrons. The van der Waals surface area contributed by atoms with Crippen LogP contribution in [0.25, 0.3) is 10.9 Å². The van der Waals surface area contributed by atoms with E-state index in [9.17, 15) is 0 Å². The van der Waals surface area contributed by atoms with Crippen molar-refractivity contribution in [2.45, 2.75) is 25.7 Å². The predicted octanol–water partition coefficient (Wildman–Crippen LogP) is 3.36. The Balaban J connectivity index is 2.26. The Morgan fingerprint density at radius 3 is 2.79 bits per heavy atom. The SMILES string of the molecule is Cc1cn(C)c2cc(C3CC3)ccc12. The fourth-order valence-electron chi connectivity index (χ4n) is 2.27. The number of aryl methyl sites for hydroxylation is 2. The lowest BCUT2D eigenvalue weighted by atomic mass is 10.1. The largest absolute Gasteiger partial charge is 0.350 e. The van der Waals surface area contributed by atoms with Crippen LogP contribution < -0.4 is 0 Å². The van der Waals surface area contributed by atoms with E-state index in [0.29, 0.717) is 0 Å². The van der Waals surface area contributed by atoms with Gasteiger partial charge in [-0.2, -0.15) is 0 Å². The van der Waals surface area contributed by atoms with Crippen molar-refractivity contribution in [3.63, 3.8) is 0 Å². The van der Waals surface area contributed by atoms with Crippen molar-refractivity contribution in [2.75, 3.05) is 0 Å². The molecule has 1 aliphatic rings. The van der Waals surface area contributed by atoms with Gasteiger partial charge in [0, 0.05) is 24.1 Å². The Morgan fingerprint density at radius 1 is 1.29 bits per heavy atom. The highest BCUT2D eigenvalue weighted by atomic mass is 14.9. The van der Waals surface area contributed by atoms with Gasteiger partial charge in [-0.1, -0.05) is 12.1 Å². The lowest BCUT2D eigenvalue weighted by Crippen LogP contribution is -1.85. The monoisotopic (exact) mass is 185 g/mol. The fourth-order valence-corrected chi connectivity index (χ4v) is 2.27. The maximum atomic E-state index is 2.36. The molecule has 0 bridgehead atoms. The molecule has 0 unspecified atom stereocenters. The van der Waals surface area contributed by atoms with Gasteiger partial charge in [0.15, 0.2) is 0 Å². The first-order valence-electron chi connectivity index (χ1n) is 5.31. The van der Waals surface area contributed by atoms with Gasteiger partial charge < -0.3 is 4.57 Å². The molecule has 0 atom stereocenters. The maximum absolute atomic E-state index is 2.36. The summed E-state index contributed by atoms with van der Waals surface area (Å²) in [6, 6.07) is 6.94. The lowest BCUT2D eigenvalue weighted by Gasteiger charge is -2.00. The molecule has 14 heavy (non-hydrogen) atoms. The molecule has 1 heteroatoms. The summed E-state index contributed by atoms with van der Waals surface area (Å²) in [5, 5.41) is 1.40. The van der Waals surface area contributed by atoms with E-state index in [1.54, 1.807) is 0 Å². The van der Waals surface area contributed by atoms with Gasteiger partial charge in [-0.05, 0) is 42.9 Å². The first-order chi connectivity index (χ1) is 6.75. The molecule has 3 rings (SSSR count). The number of fused-ring (bicyclic) bond motifs is 1. The minimum absolute atomic E-state index is 0.856. The van der Waals surface area contributed by atoms with Crippen molar-refractivity contribution in [3.8, 4) is 0 Å². The molecular weight excluding hydrogens is 170 g/mol. The van der Waals surface area contributed by atoms with E-state index < -0.39 is 0 Å². The van der Waals surface area contributed by atoms with Gasteiger partial charge in [-0.15, -0.1) is 0 Å². The third-order valence-electron chi connectivity index (χ3n) is 3.26. The van der Waals surface area contributed by atoms with Crippen molar-refractivity contribution in [3.05, 3.63) is 35.5 Å². The van der Waals surface area contributed by atoms with Crippen molar-refractivity contribution in [1.82, 2.24) is 4.57 Å². The van der Waals surface area contributed by atoms with Crippen molar-refractivity contribution in [1.29, 1.82) is 0 Å². The van der Waals surface area contributed by atoms with Gasteiger partial charge in [0.2, 0.25) is 0 Å². The fraction of sp³-hybridized carbons (Fsp3) is 0.385. The Morgan fingerprint density at radius 2 is 2.07 bits per heavy atom. The van der Waals surface area contributed by atoms with E-state index >= 15 is 0 Å². The summed E-state index contributed by atoms with van der Waals surface area (Å²) in [6.45, 7) is 2.18. The number of rotatable bonds is 1. The lowest BCUT2D eigenvalue weighted by molar-refractivity contribution is 0.961. The van der Waals surface area contributed by atoms with Crippen LogP contribution in [0.15, 0.2) is 24.4 Å². The van der Waals surface area contributed by atoms with Crippen LogP contribution in [0.4, 0.5) is 0 Å². The third kappa shape index (κ3) is 1.08. The second kappa shape index (κ2) is 2.63. The highest BCUT2D eigenvalue weighted by molar-refractivity contribution is 5.84. The van der Waals surface area contributed by atoms with Gasteiger partial charge in [0.05, 0.1) is 0 Å². The molecular formula is C13H15N. The summed E-state index contributed by atoms with van der Waals surface area (Å²) in [4.78, 5) is 0. The minimum atomic E-state index is 0.856. The summed E-state index contributed by atoms with van der Waals surface area (Å²) in [5.41, 5.74) is 4.29. The second-order valence-electron chi connectivity index (χ2n) is 4.47. The average Bonchev–Trinajstić information content (AvgIpc) is 2.96. The number of nitrogens with zero attached hydrogens (tertiary/aromatic N) is 1. The first kappa shape index (κ1) is 8.10. The van der Waals surface area contributed by atoms with E-state index in [2.05, 4.69) is 42.9 Å². The second-order valence-corrected chi connectivity index (χ2v) is 4.47. The Labute approximate surface area is 84.4 Å². The molecule has 1 aromatic heterocycles. The van der Waals surface area contributed by atoms with Crippen LogP contribution >= 0.6 is 0 Å². The zero-order valence-electron chi connectivity index (χ0n) is 8.75. The number of hydrogen-bond acceptors (Lipinski definition) is 0. The summed E-state index contributed by atoms with van der Waals surface area (Å²) >= 11 is 0. The highest BCUT2D eigenvalue weighted by Crippen LogP contribution is 2.41. The number of benzene rings is 1. The van der Waals surface area contributed by atoms with Crippen LogP contribution in [0, 0.1) is 6.92 Å². The molecule has 2 aromatic rings. The van der Waals surface area contributed by atoms with Crippen LogP contribution in [0.3, 0.4) is 0 Å². The van der Waals surface area contributed by atoms with Crippen LogP contribution in [0.1, 0.15) is 29.9 Å². The molecule has 0 saturated heterocycles. The summed E-state index contributed by atoms with van der Waals surface area (Å²) in [7, 11) is 2.13. The molecule has 0 spiro atoms. The summed E-state index contributed by atoms with van der Waals surface area (Å²) in [6.07, 6.45) is 4.98. The van der Waals surface area contributed by atoms with Gasteiger partial charge >= 0.3 is 0 Å². The molecule has 0 amide bonds. The topological polar surface area (TPSA) is 4.93 Å². The molecule has 1 fully saturated rings. The van der Waals surface area contributed by atoms with Crippen LogP contribution in [0.2, 0.25) is 0 Å². The predicted molar refractivity (Wildman–Crippen MR) is 59.6 cm³/mol. The first-order valence-corrected chi connectivity index (χ1v) is 5.31. The van der Waals surface area contributed by atoms with E-state index in [0.717, 1.165) is 5.92 Å². The zero-order valence-corrected chi connectivity index (χ0v) is 8.75. The van der Waals surface area contributed by atoms with E-state index in [1.807, 2.05) is 0 Å². The van der Waals surface area contributed by atoms with E-state index in [-0.39, 0.29) is 0 Å². The third-order valence-corrected chi connectivity index (χ3v) is 3.26. The Bertz CT molecular complexity index is 489. The maximum Gasteiger partial charge on any atom is 0.0483 e. The van der Waals surface area contributed by atoms with Gasteiger partial charge in [0.1, 0.15) is 0 Å². The standard InChI is InChI=1S/C13H15N/c1-9-8-14(2)13-7-11(10-3-4-10)5-6-12(9)13/h5-8,10H,3-4H2,1-2H3. The van der Waals surface area contributed by atoms with Gasteiger partial charge in [-0.25, -0.2) is 0 Å². The Kier molecular flexibility index (Phi) is 1.52. The molecule has 1 aromatic carbocycles. The molecule has 0 aliphatic heterocycles. The average molecular weight is 185 g/mol. The number of hydrogen-bond donors (Lipinski definition) is 0. The van der Waals surface area contributed by atoms with Crippen molar-refractivity contribution < 1.29 is 0 Å². The molecule has 0 radical (unpaired) electrons. The van der Waals surface area contributed by atoms with E-state index in [4.69, 9.17) is 0 Å². The van der Waals surface area contributed by atoms with Crippen LogP contribution in [0.5, 0.6) is 0 Å². The molecule has 1 saturated carbocycles. The van der Waals surface area contributed by atoms with Crippen LogP contribution in [-0.2, 0) is 7.05 Å². The van der Waals surface area contributed by atoms with Gasteiger partial charge in [0.25, 0.3) is 0 Å². The Hall–Kier alpha value is -1.24. The summed E-state index contributed by atoms with van der Waals surface area (Å²) in [5.74, 6) is 0.856. The van der Waals surface area contributed by atoms with E-state index in [1.165, 1.54) is 34.9 Å². The van der Waals surface area contributed by atoms with Gasteiger partial charge in [-0.3, -0.25) is 0 Å². The summed E-state index contributed by atoms with van der Waals surface area (Å²) < 4.78 is 2.23.